The lowest BCUT2D eigenvalue weighted by Crippen LogP contribution is -2.43. The molecule has 0 atom stereocenters. The first kappa shape index (κ1) is 24.0. The largest absolute Gasteiger partial charge is 0.494 e. The number of benzene rings is 1. The van der Waals surface area contributed by atoms with Crippen LogP contribution in [0.1, 0.15) is 58.3 Å². The van der Waals surface area contributed by atoms with E-state index < -0.39 is 5.82 Å². The molecule has 8 heteroatoms. The van der Waals surface area contributed by atoms with E-state index in [4.69, 9.17) is 14.7 Å². The van der Waals surface area contributed by atoms with Crippen molar-refractivity contribution in [1.82, 2.24) is 16.0 Å². The minimum absolute atomic E-state index is 0.203. The van der Waals surface area contributed by atoms with Crippen molar-refractivity contribution in [2.45, 2.75) is 70.4 Å². The number of nitrogens with zero attached hydrogens (tertiary/aromatic N) is 2. The average molecular weight is 445 g/mol. The Morgan fingerprint density at radius 1 is 1.03 bits per heavy atom. The van der Waals surface area contributed by atoms with E-state index >= 15 is 0 Å². The van der Waals surface area contributed by atoms with Crippen molar-refractivity contribution < 1.29 is 9.13 Å². The number of methoxy groups -OCH3 is 1. The van der Waals surface area contributed by atoms with Gasteiger partial charge in [-0.15, -0.1) is 0 Å². The third-order valence-electron chi connectivity index (χ3n) is 5.84. The fourth-order valence-electron chi connectivity index (χ4n) is 4.17. The van der Waals surface area contributed by atoms with E-state index in [9.17, 15) is 4.39 Å². The standard InChI is InChI=1S/C24H37FN6O/c1-17(27-19-8-6-4-5-7-9-19)29-24(31-20-12-14-26-15-13-20)30-18(2)28-21-10-11-23(32-3)22(25)16-21/h10-11,16,19-20,26,28H,2,4-9,12-15H2,1,3H3,(H2,27,29,30,31). The molecule has 0 spiro atoms. The van der Waals surface area contributed by atoms with Crippen molar-refractivity contribution in [3.63, 3.8) is 0 Å². The van der Waals surface area contributed by atoms with Gasteiger partial charge >= 0.3 is 0 Å². The Balaban J connectivity index is 1.67. The van der Waals surface area contributed by atoms with Crippen LogP contribution in [0.3, 0.4) is 0 Å². The summed E-state index contributed by atoms with van der Waals surface area (Å²) < 4.78 is 19.0. The molecule has 1 aromatic carbocycles. The highest BCUT2D eigenvalue weighted by Crippen LogP contribution is 2.21. The van der Waals surface area contributed by atoms with E-state index in [0.29, 0.717) is 23.5 Å². The Morgan fingerprint density at radius 3 is 2.38 bits per heavy atom. The average Bonchev–Trinajstić information content (AvgIpc) is 3.03. The van der Waals surface area contributed by atoms with Crippen molar-refractivity contribution in [3.05, 3.63) is 36.4 Å². The maximum atomic E-state index is 14.0. The fourth-order valence-corrected chi connectivity index (χ4v) is 4.17. The number of anilines is 1. The Hall–Kier alpha value is -2.61. The monoisotopic (exact) mass is 444 g/mol. The molecule has 2 fully saturated rings. The van der Waals surface area contributed by atoms with Gasteiger partial charge in [0.25, 0.3) is 0 Å². The van der Waals surface area contributed by atoms with Gasteiger partial charge in [-0.05, 0) is 57.8 Å². The van der Waals surface area contributed by atoms with Crippen LogP contribution in [0.4, 0.5) is 10.1 Å². The van der Waals surface area contributed by atoms with Crippen LogP contribution in [-0.2, 0) is 0 Å². The Bertz CT molecular complexity index is 811. The molecule has 7 nitrogen and oxygen atoms in total. The topological polar surface area (TPSA) is 82.1 Å². The zero-order chi connectivity index (χ0) is 22.8. The van der Waals surface area contributed by atoms with Crippen molar-refractivity contribution in [2.24, 2.45) is 9.98 Å². The molecule has 3 rings (SSSR count). The predicted molar refractivity (Wildman–Crippen MR) is 130 cm³/mol. The van der Waals surface area contributed by atoms with E-state index in [-0.39, 0.29) is 11.8 Å². The molecule has 1 aromatic rings. The van der Waals surface area contributed by atoms with E-state index in [1.807, 2.05) is 6.92 Å². The number of hydrogen-bond acceptors (Lipinski definition) is 5. The quantitative estimate of drug-likeness (QED) is 0.301. The molecule has 4 N–H and O–H groups in total. The molecule has 0 aromatic heterocycles. The Morgan fingerprint density at radius 2 is 1.72 bits per heavy atom. The zero-order valence-electron chi connectivity index (χ0n) is 19.3. The van der Waals surface area contributed by atoms with E-state index in [1.54, 1.807) is 12.1 Å². The van der Waals surface area contributed by atoms with E-state index in [2.05, 4.69) is 27.8 Å². The number of amidine groups is 1. The van der Waals surface area contributed by atoms with Crippen LogP contribution in [0.25, 0.3) is 0 Å². The molecule has 176 valence electrons. The fraction of sp³-hybridized carbons (Fsp3) is 0.583. The molecular weight excluding hydrogens is 407 g/mol. The summed E-state index contributed by atoms with van der Waals surface area (Å²) >= 11 is 0. The minimum Gasteiger partial charge on any atom is -0.494 e. The minimum atomic E-state index is -0.432. The number of halogens is 1. The van der Waals surface area contributed by atoms with Crippen molar-refractivity contribution in [3.8, 4) is 5.75 Å². The summed E-state index contributed by atoms with van der Waals surface area (Å²) in [6.45, 7) is 7.95. The number of nitrogens with one attached hydrogen (secondary N) is 4. The molecule has 1 aliphatic carbocycles. The van der Waals surface area contributed by atoms with Gasteiger partial charge in [0.2, 0.25) is 5.96 Å². The summed E-state index contributed by atoms with van der Waals surface area (Å²) in [5.74, 6) is 1.73. The first-order chi connectivity index (χ1) is 15.5. The molecule has 0 radical (unpaired) electrons. The van der Waals surface area contributed by atoms with Crippen molar-refractivity contribution in [2.75, 3.05) is 25.5 Å². The Labute approximate surface area is 191 Å². The molecule has 32 heavy (non-hydrogen) atoms. The van der Waals surface area contributed by atoms with Gasteiger partial charge in [-0.3, -0.25) is 4.99 Å². The second-order valence-electron chi connectivity index (χ2n) is 8.52. The van der Waals surface area contributed by atoms with Crippen LogP contribution < -0.4 is 26.0 Å². The highest BCUT2D eigenvalue weighted by Gasteiger charge is 2.15. The van der Waals surface area contributed by atoms with Crippen LogP contribution in [0, 0.1) is 5.82 Å². The second-order valence-corrected chi connectivity index (χ2v) is 8.52. The molecule has 1 heterocycles. The van der Waals surface area contributed by atoms with Gasteiger partial charge in [0.15, 0.2) is 11.6 Å². The van der Waals surface area contributed by atoms with Crippen LogP contribution in [0.5, 0.6) is 5.75 Å². The molecule has 0 bridgehead atoms. The van der Waals surface area contributed by atoms with Crippen LogP contribution in [0.2, 0.25) is 0 Å². The van der Waals surface area contributed by atoms with Gasteiger partial charge in [-0.25, -0.2) is 9.38 Å². The van der Waals surface area contributed by atoms with E-state index in [1.165, 1.54) is 38.9 Å². The van der Waals surface area contributed by atoms with Crippen molar-refractivity contribution in [1.29, 1.82) is 0 Å². The third kappa shape index (κ3) is 7.82. The number of aliphatic imine (C=N–C) groups is 2. The van der Waals surface area contributed by atoms with Gasteiger partial charge < -0.3 is 26.0 Å². The molecule has 1 saturated heterocycles. The van der Waals surface area contributed by atoms with Gasteiger partial charge in [0.1, 0.15) is 11.7 Å². The zero-order valence-corrected chi connectivity index (χ0v) is 19.3. The summed E-state index contributed by atoms with van der Waals surface area (Å²) in [5, 5.41) is 13.0. The SMILES string of the molecule is C=C(NC(=NC1CCNCC1)NC(C)=NC1CCCCCC1)Nc1ccc(OC)c(F)c1. The van der Waals surface area contributed by atoms with Crippen LogP contribution in [0.15, 0.2) is 40.6 Å². The Kier molecular flexibility index (Phi) is 9.34. The van der Waals surface area contributed by atoms with Crippen LogP contribution >= 0.6 is 0 Å². The summed E-state index contributed by atoms with van der Waals surface area (Å²) in [7, 11) is 1.44. The highest BCUT2D eigenvalue weighted by molar-refractivity contribution is 5.99. The van der Waals surface area contributed by atoms with Gasteiger partial charge in [0, 0.05) is 11.8 Å². The molecule has 1 aliphatic heterocycles. The van der Waals surface area contributed by atoms with Gasteiger partial charge in [0.05, 0.1) is 19.2 Å². The molecule has 0 amide bonds. The summed E-state index contributed by atoms with van der Waals surface area (Å²) in [4.78, 5) is 9.80. The maximum Gasteiger partial charge on any atom is 0.202 e. The van der Waals surface area contributed by atoms with Crippen molar-refractivity contribution >= 4 is 17.5 Å². The lowest BCUT2D eigenvalue weighted by atomic mass is 10.1. The number of ether oxygens (including phenoxy) is 1. The first-order valence-corrected chi connectivity index (χ1v) is 11.7. The maximum absolute atomic E-state index is 14.0. The van der Waals surface area contributed by atoms with E-state index in [0.717, 1.165) is 44.6 Å². The predicted octanol–water partition coefficient (Wildman–Crippen LogP) is 4.15. The second kappa shape index (κ2) is 12.4. The molecule has 1 saturated carbocycles. The normalized spacial score (nSPS) is 19.2. The highest BCUT2D eigenvalue weighted by atomic mass is 19.1. The molecular formula is C24H37FN6O. The number of guanidine groups is 1. The molecule has 0 unspecified atom stereocenters. The summed E-state index contributed by atoms with van der Waals surface area (Å²) in [6.07, 6.45) is 9.35. The van der Waals surface area contributed by atoms with Gasteiger partial charge in [-0.2, -0.15) is 0 Å². The lowest BCUT2D eigenvalue weighted by molar-refractivity contribution is 0.386. The first-order valence-electron chi connectivity index (χ1n) is 11.7. The summed E-state index contributed by atoms with van der Waals surface area (Å²) in [5.41, 5.74) is 0.575. The smallest absolute Gasteiger partial charge is 0.202 e. The molecule has 2 aliphatic rings. The van der Waals surface area contributed by atoms with Gasteiger partial charge in [-0.1, -0.05) is 32.3 Å². The number of piperidine rings is 1. The van der Waals surface area contributed by atoms with Crippen LogP contribution in [-0.4, -0.2) is 44.1 Å². The summed E-state index contributed by atoms with van der Waals surface area (Å²) in [6, 6.07) is 5.29. The third-order valence-corrected chi connectivity index (χ3v) is 5.84. The number of hydrogen-bond donors (Lipinski definition) is 4. The number of rotatable bonds is 6. The lowest BCUT2D eigenvalue weighted by Gasteiger charge is -2.22.